The summed E-state index contributed by atoms with van der Waals surface area (Å²) < 4.78 is 0. The van der Waals surface area contributed by atoms with Crippen molar-refractivity contribution in [3.05, 3.63) is 40.4 Å². The molecule has 1 heterocycles. The molecule has 0 aliphatic rings. The first kappa shape index (κ1) is 15.5. The van der Waals surface area contributed by atoms with Gasteiger partial charge in [-0.3, -0.25) is 4.79 Å². The maximum absolute atomic E-state index is 12.1. The molecule has 0 aliphatic carbocycles. The normalized spacial score (nSPS) is 12.0. The van der Waals surface area contributed by atoms with Gasteiger partial charge in [0, 0.05) is 10.6 Å². The summed E-state index contributed by atoms with van der Waals surface area (Å²) in [6.45, 7) is 5.66. The second kappa shape index (κ2) is 6.69. The van der Waals surface area contributed by atoms with Crippen molar-refractivity contribution in [2.75, 3.05) is 10.6 Å². The van der Waals surface area contributed by atoms with Gasteiger partial charge in [0.15, 0.2) is 5.13 Å². The third-order valence-corrected chi connectivity index (χ3v) is 4.13. The van der Waals surface area contributed by atoms with E-state index in [0.717, 1.165) is 21.8 Å². The third kappa shape index (κ3) is 4.03. The highest BCUT2D eigenvalue weighted by Gasteiger charge is 2.15. The maximum Gasteiger partial charge on any atom is 0.248 e. The Kier molecular flexibility index (Phi) is 4.93. The molecular formula is C15H19N3O2S. The zero-order chi connectivity index (χ0) is 15.4. The van der Waals surface area contributed by atoms with Crippen molar-refractivity contribution in [2.45, 2.75) is 33.4 Å². The van der Waals surface area contributed by atoms with E-state index in [1.165, 1.54) is 11.3 Å². The van der Waals surface area contributed by atoms with Crippen molar-refractivity contribution in [2.24, 2.45) is 0 Å². The highest BCUT2D eigenvalue weighted by atomic mass is 32.1. The first-order valence-corrected chi connectivity index (χ1v) is 7.52. The number of hydrogen-bond acceptors (Lipinski definition) is 5. The first-order chi connectivity index (χ1) is 9.99. The van der Waals surface area contributed by atoms with Crippen LogP contribution in [0.3, 0.4) is 0 Å². The molecule has 1 aromatic heterocycles. The lowest BCUT2D eigenvalue weighted by Crippen LogP contribution is -2.31. The number of nitrogens with one attached hydrogen (secondary N) is 2. The summed E-state index contributed by atoms with van der Waals surface area (Å²) in [5, 5.41) is 15.7. The van der Waals surface area contributed by atoms with Crippen molar-refractivity contribution >= 4 is 28.1 Å². The van der Waals surface area contributed by atoms with Gasteiger partial charge in [-0.1, -0.05) is 12.1 Å². The van der Waals surface area contributed by atoms with Gasteiger partial charge in [-0.05, 0) is 38.5 Å². The number of anilines is 2. The Bertz CT molecular complexity index is 620. The predicted octanol–water partition coefficient (Wildman–Crippen LogP) is 2.69. The molecule has 5 nitrogen and oxygen atoms in total. The lowest BCUT2D eigenvalue weighted by molar-refractivity contribution is -0.116. The molecule has 0 saturated heterocycles. The predicted molar refractivity (Wildman–Crippen MR) is 85.7 cm³/mol. The second-order valence-corrected chi connectivity index (χ2v) is 6.08. The summed E-state index contributed by atoms with van der Waals surface area (Å²) >= 11 is 1.47. The Hall–Kier alpha value is -1.92. The smallest absolute Gasteiger partial charge is 0.248 e. The molecule has 0 radical (unpaired) electrons. The summed E-state index contributed by atoms with van der Waals surface area (Å²) in [4.78, 5) is 17.5. The van der Waals surface area contributed by atoms with E-state index in [2.05, 4.69) is 15.6 Å². The maximum atomic E-state index is 12.1. The van der Waals surface area contributed by atoms with Crippen LogP contribution in [0.5, 0.6) is 0 Å². The van der Waals surface area contributed by atoms with Crippen LogP contribution < -0.4 is 10.6 Å². The van der Waals surface area contributed by atoms with E-state index in [4.69, 9.17) is 5.11 Å². The molecule has 0 aliphatic heterocycles. The molecular weight excluding hydrogens is 286 g/mol. The van der Waals surface area contributed by atoms with Gasteiger partial charge in [0.25, 0.3) is 0 Å². The number of benzene rings is 1. The molecule has 0 saturated carbocycles. The van der Waals surface area contributed by atoms with Crippen LogP contribution in [-0.4, -0.2) is 22.0 Å². The summed E-state index contributed by atoms with van der Waals surface area (Å²) in [6.07, 6.45) is 0. The molecule has 2 aromatic rings. The van der Waals surface area contributed by atoms with Gasteiger partial charge in [0.2, 0.25) is 5.91 Å². The Morgan fingerprint density at radius 2 is 2.19 bits per heavy atom. The molecule has 0 spiro atoms. The standard InChI is InChI=1S/C15H19N3O2S/c1-9-11(3)21-15(17-9)18-14(20)10(2)16-13-6-4-5-12(7-13)8-19/h4-7,10,16,19H,8H2,1-3H3,(H,17,18,20). The fourth-order valence-electron chi connectivity index (χ4n) is 1.81. The van der Waals surface area contributed by atoms with Crippen LogP contribution in [0, 0.1) is 13.8 Å². The molecule has 112 valence electrons. The molecule has 21 heavy (non-hydrogen) atoms. The average Bonchev–Trinajstić information content (AvgIpc) is 2.77. The van der Waals surface area contributed by atoms with Gasteiger partial charge in [-0.25, -0.2) is 4.98 Å². The number of aliphatic hydroxyl groups excluding tert-OH is 1. The van der Waals surface area contributed by atoms with E-state index in [1.54, 1.807) is 6.92 Å². The molecule has 1 amide bonds. The molecule has 1 atom stereocenters. The van der Waals surface area contributed by atoms with E-state index in [-0.39, 0.29) is 12.5 Å². The van der Waals surface area contributed by atoms with E-state index >= 15 is 0 Å². The second-order valence-electron chi connectivity index (χ2n) is 4.87. The Balaban J connectivity index is 1.98. The molecule has 2 rings (SSSR count). The minimum Gasteiger partial charge on any atom is -0.392 e. The van der Waals surface area contributed by atoms with E-state index in [9.17, 15) is 4.79 Å². The molecule has 1 unspecified atom stereocenters. The lowest BCUT2D eigenvalue weighted by atomic mass is 10.2. The first-order valence-electron chi connectivity index (χ1n) is 6.71. The third-order valence-electron chi connectivity index (χ3n) is 3.14. The molecule has 0 fully saturated rings. The number of amides is 1. The van der Waals surface area contributed by atoms with Gasteiger partial charge in [-0.15, -0.1) is 11.3 Å². The molecule has 0 bridgehead atoms. The van der Waals surface area contributed by atoms with Crippen molar-refractivity contribution in [3.8, 4) is 0 Å². The van der Waals surface area contributed by atoms with Gasteiger partial charge < -0.3 is 15.7 Å². The SMILES string of the molecule is Cc1nc(NC(=O)C(C)Nc2cccc(CO)c2)sc1C. The van der Waals surface area contributed by atoms with Crippen molar-refractivity contribution < 1.29 is 9.90 Å². The number of aryl methyl sites for hydroxylation is 2. The Morgan fingerprint density at radius 1 is 1.43 bits per heavy atom. The van der Waals surface area contributed by atoms with E-state index in [1.807, 2.05) is 38.1 Å². The number of aliphatic hydroxyl groups is 1. The minimum absolute atomic E-state index is 0.0201. The zero-order valence-electron chi connectivity index (χ0n) is 12.3. The summed E-state index contributed by atoms with van der Waals surface area (Å²) in [5.74, 6) is -0.141. The number of carbonyl (C=O) groups is 1. The minimum atomic E-state index is -0.400. The fourth-order valence-corrected chi connectivity index (χ4v) is 2.63. The quantitative estimate of drug-likeness (QED) is 0.794. The van der Waals surface area contributed by atoms with Crippen LogP contribution >= 0.6 is 11.3 Å². The number of thiazole rings is 1. The number of nitrogens with zero attached hydrogens (tertiary/aromatic N) is 1. The van der Waals surface area contributed by atoms with Crippen LogP contribution in [0.2, 0.25) is 0 Å². The summed E-state index contributed by atoms with van der Waals surface area (Å²) in [6, 6.07) is 6.95. The topological polar surface area (TPSA) is 74.2 Å². The van der Waals surface area contributed by atoms with Crippen LogP contribution in [0.1, 0.15) is 23.1 Å². The Labute approximate surface area is 128 Å². The molecule has 6 heteroatoms. The van der Waals surface area contributed by atoms with Crippen LogP contribution in [-0.2, 0) is 11.4 Å². The monoisotopic (exact) mass is 305 g/mol. The van der Waals surface area contributed by atoms with Gasteiger partial charge in [0.1, 0.15) is 6.04 Å². The van der Waals surface area contributed by atoms with Crippen LogP contribution in [0.15, 0.2) is 24.3 Å². The fraction of sp³-hybridized carbons (Fsp3) is 0.333. The van der Waals surface area contributed by atoms with Crippen molar-refractivity contribution in [1.82, 2.24) is 4.98 Å². The van der Waals surface area contributed by atoms with E-state index in [0.29, 0.717) is 5.13 Å². The lowest BCUT2D eigenvalue weighted by Gasteiger charge is -2.14. The van der Waals surface area contributed by atoms with E-state index < -0.39 is 6.04 Å². The van der Waals surface area contributed by atoms with Gasteiger partial charge in [0.05, 0.1) is 12.3 Å². The zero-order valence-corrected chi connectivity index (χ0v) is 13.1. The van der Waals surface area contributed by atoms with Gasteiger partial charge in [-0.2, -0.15) is 0 Å². The largest absolute Gasteiger partial charge is 0.392 e. The Morgan fingerprint density at radius 3 is 2.81 bits per heavy atom. The highest BCUT2D eigenvalue weighted by Crippen LogP contribution is 2.21. The number of carbonyl (C=O) groups excluding carboxylic acids is 1. The number of aromatic nitrogens is 1. The number of hydrogen-bond donors (Lipinski definition) is 3. The molecule has 3 N–H and O–H groups in total. The highest BCUT2D eigenvalue weighted by molar-refractivity contribution is 7.15. The van der Waals surface area contributed by atoms with Crippen molar-refractivity contribution in [1.29, 1.82) is 0 Å². The van der Waals surface area contributed by atoms with Crippen LogP contribution in [0.25, 0.3) is 0 Å². The summed E-state index contributed by atoms with van der Waals surface area (Å²) in [7, 11) is 0. The van der Waals surface area contributed by atoms with Crippen LogP contribution in [0.4, 0.5) is 10.8 Å². The summed E-state index contributed by atoms with van der Waals surface area (Å²) in [5.41, 5.74) is 2.54. The van der Waals surface area contributed by atoms with Gasteiger partial charge >= 0.3 is 0 Å². The molecule has 1 aromatic carbocycles. The van der Waals surface area contributed by atoms with Crippen molar-refractivity contribution in [3.63, 3.8) is 0 Å². The average molecular weight is 305 g/mol. The number of rotatable bonds is 5.